The molecule has 0 spiro atoms. The highest BCUT2D eigenvalue weighted by Crippen LogP contribution is 2.23. The van der Waals surface area contributed by atoms with Crippen molar-refractivity contribution in [3.63, 3.8) is 0 Å². The fraction of sp³-hybridized carbons (Fsp3) is 0.125. The van der Waals surface area contributed by atoms with Gasteiger partial charge < -0.3 is 9.73 Å². The van der Waals surface area contributed by atoms with Gasteiger partial charge in [0.1, 0.15) is 5.52 Å². The minimum atomic E-state index is -4.94. The maximum absolute atomic E-state index is 12.2. The smallest absolute Gasteiger partial charge is 0.440 e. The monoisotopic (exact) mass is 320 g/mol. The molecule has 0 aliphatic heterocycles. The average Bonchev–Trinajstić information content (AvgIpc) is 2.88. The number of anilines is 1. The Hall–Kier alpha value is -2.83. The van der Waals surface area contributed by atoms with Crippen LogP contribution < -0.4 is 5.32 Å². The molecule has 0 aliphatic rings. The number of carbonyl (C=O) groups is 1. The first-order valence-electron chi connectivity index (χ1n) is 6.73. The van der Waals surface area contributed by atoms with Gasteiger partial charge in [0.2, 0.25) is 0 Å². The van der Waals surface area contributed by atoms with Gasteiger partial charge in [-0.05, 0) is 17.7 Å². The first-order valence-corrected chi connectivity index (χ1v) is 6.73. The molecular formula is C16H11F3N2O2. The Kier molecular flexibility index (Phi) is 3.77. The zero-order chi connectivity index (χ0) is 16.4. The van der Waals surface area contributed by atoms with Gasteiger partial charge in [-0.1, -0.05) is 30.3 Å². The van der Waals surface area contributed by atoms with Crippen LogP contribution in [-0.4, -0.2) is 17.1 Å². The van der Waals surface area contributed by atoms with E-state index >= 15 is 0 Å². The summed E-state index contributed by atoms with van der Waals surface area (Å²) in [7, 11) is 0. The normalized spacial score (nSPS) is 11.6. The number of halogens is 3. The van der Waals surface area contributed by atoms with Gasteiger partial charge in [-0.15, -0.1) is 0 Å². The van der Waals surface area contributed by atoms with Crippen molar-refractivity contribution >= 4 is 22.7 Å². The molecule has 3 aromatic rings. The standard InChI is InChI=1S/C16H11F3N2O2/c17-16(18,19)15(22)20-11-6-7-12-13(9-11)23-14(21-12)8-10-4-2-1-3-5-10/h1-7,9H,8H2,(H,20,22). The molecule has 0 saturated carbocycles. The van der Waals surface area contributed by atoms with E-state index in [1.807, 2.05) is 30.3 Å². The van der Waals surface area contributed by atoms with Gasteiger partial charge in [-0.3, -0.25) is 4.79 Å². The third-order valence-electron chi connectivity index (χ3n) is 3.15. The van der Waals surface area contributed by atoms with Crippen LogP contribution in [0.15, 0.2) is 52.9 Å². The van der Waals surface area contributed by atoms with Crippen LogP contribution in [0.1, 0.15) is 11.5 Å². The number of nitrogens with zero attached hydrogens (tertiary/aromatic N) is 1. The molecule has 0 atom stereocenters. The number of alkyl halides is 3. The number of oxazole rings is 1. The molecular weight excluding hydrogens is 309 g/mol. The Morgan fingerprint density at radius 2 is 1.87 bits per heavy atom. The predicted molar refractivity (Wildman–Crippen MR) is 77.9 cm³/mol. The lowest BCUT2D eigenvalue weighted by atomic mass is 10.1. The van der Waals surface area contributed by atoms with Crippen LogP contribution in [0.4, 0.5) is 18.9 Å². The van der Waals surface area contributed by atoms with Gasteiger partial charge in [0.15, 0.2) is 11.5 Å². The second-order valence-electron chi connectivity index (χ2n) is 4.90. The second kappa shape index (κ2) is 5.75. The van der Waals surface area contributed by atoms with Gasteiger partial charge in [-0.2, -0.15) is 13.2 Å². The lowest BCUT2D eigenvalue weighted by molar-refractivity contribution is -0.167. The molecule has 23 heavy (non-hydrogen) atoms. The molecule has 0 saturated heterocycles. The number of rotatable bonds is 3. The van der Waals surface area contributed by atoms with E-state index in [2.05, 4.69) is 4.98 Å². The van der Waals surface area contributed by atoms with E-state index in [0.29, 0.717) is 23.4 Å². The molecule has 1 heterocycles. The molecule has 0 fully saturated rings. The topological polar surface area (TPSA) is 55.1 Å². The number of benzene rings is 2. The first kappa shape index (κ1) is 15.1. The molecule has 1 N–H and O–H groups in total. The third-order valence-corrected chi connectivity index (χ3v) is 3.15. The van der Waals surface area contributed by atoms with Crippen LogP contribution in [-0.2, 0) is 11.2 Å². The summed E-state index contributed by atoms with van der Waals surface area (Å²) in [5, 5.41) is 1.78. The Morgan fingerprint density at radius 1 is 1.13 bits per heavy atom. The van der Waals surface area contributed by atoms with Crippen molar-refractivity contribution < 1.29 is 22.4 Å². The van der Waals surface area contributed by atoms with Gasteiger partial charge in [-0.25, -0.2) is 4.98 Å². The molecule has 1 amide bonds. The molecule has 0 bridgehead atoms. The number of amides is 1. The summed E-state index contributed by atoms with van der Waals surface area (Å²) in [5.74, 6) is -1.58. The van der Waals surface area contributed by atoms with E-state index in [-0.39, 0.29) is 5.69 Å². The highest BCUT2D eigenvalue weighted by Gasteiger charge is 2.38. The number of hydrogen-bond donors (Lipinski definition) is 1. The van der Waals surface area contributed by atoms with Gasteiger partial charge in [0, 0.05) is 18.2 Å². The largest absolute Gasteiger partial charge is 0.471 e. The van der Waals surface area contributed by atoms with Crippen molar-refractivity contribution in [2.24, 2.45) is 0 Å². The van der Waals surface area contributed by atoms with Crippen molar-refractivity contribution in [1.82, 2.24) is 4.98 Å². The Labute approximate surface area is 128 Å². The van der Waals surface area contributed by atoms with E-state index < -0.39 is 12.1 Å². The van der Waals surface area contributed by atoms with Crippen LogP contribution >= 0.6 is 0 Å². The van der Waals surface area contributed by atoms with Gasteiger partial charge in [0.25, 0.3) is 0 Å². The third kappa shape index (κ3) is 3.50. The Bertz CT molecular complexity index is 841. The number of fused-ring (bicyclic) bond motifs is 1. The summed E-state index contributed by atoms with van der Waals surface area (Å²) >= 11 is 0. The molecule has 0 aliphatic carbocycles. The van der Waals surface area contributed by atoms with E-state index in [4.69, 9.17) is 4.42 Å². The Balaban J connectivity index is 1.82. The molecule has 2 aromatic carbocycles. The Morgan fingerprint density at radius 3 is 2.57 bits per heavy atom. The summed E-state index contributed by atoms with van der Waals surface area (Å²) in [4.78, 5) is 15.2. The fourth-order valence-electron chi connectivity index (χ4n) is 2.10. The number of nitrogens with one attached hydrogen (secondary N) is 1. The van der Waals surface area contributed by atoms with Crippen LogP contribution in [0.3, 0.4) is 0 Å². The SMILES string of the molecule is O=C(Nc1ccc2nc(Cc3ccccc3)oc2c1)C(F)(F)F. The summed E-state index contributed by atoms with van der Waals surface area (Å²) in [6.07, 6.45) is -4.46. The molecule has 0 unspecified atom stereocenters. The molecule has 1 aromatic heterocycles. The summed E-state index contributed by atoms with van der Waals surface area (Å²) in [6.45, 7) is 0. The van der Waals surface area contributed by atoms with Crippen LogP contribution in [0.2, 0.25) is 0 Å². The molecule has 0 radical (unpaired) electrons. The lowest BCUT2D eigenvalue weighted by Gasteiger charge is -2.07. The van der Waals surface area contributed by atoms with Crippen molar-refractivity contribution in [2.75, 3.05) is 5.32 Å². The summed E-state index contributed by atoms with van der Waals surface area (Å²) < 4.78 is 42.3. The zero-order valence-electron chi connectivity index (χ0n) is 11.7. The second-order valence-corrected chi connectivity index (χ2v) is 4.90. The van der Waals surface area contributed by atoms with Crippen molar-refractivity contribution in [3.05, 3.63) is 60.0 Å². The van der Waals surface area contributed by atoms with E-state index in [1.165, 1.54) is 18.2 Å². The van der Waals surface area contributed by atoms with E-state index in [9.17, 15) is 18.0 Å². The average molecular weight is 320 g/mol. The molecule has 118 valence electrons. The van der Waals surface area contributed by atoms with Gasteiger partial charge in [0.05, 0.1) is 0 Å². The maximum atomic E-state index is 12.2. The number of hydrogen-bond acceptors (Lipinski definition) is 3. The van der Waals surface area contributed by atoms with Crippen molar-refractivity contribution in [3.8, 4) is 0 Å². The van der Waals surface area contributed by atoms with Crippen LogP contribution in [0, 0.1) is 0 Å². The highest BCUT2D eigenvalue weighted by molar-refractivity contribution is 5.96. The van der Waals surface area contributed by atoms with Crippen LogP contribution in [0.5, 0.6) is 0 Å². The molecule has 7 heteroatoms. The number of carbonyl (C=O) groups excluding carboxylic acids is 1. The highest BCUT2D eigenvalue weighted by atomic mass is 19.4. The quantitative estimate of drug-likeness (QED) is 0.796. The van der Waals surface area contributed by atoms with E-state index in [1.54, 1.807) is 5.32 Å². The first-order chi connectivity index (χ1) is 10.9. The summed E-state index contributed by atoms with van der Waals surface area (Å²) in [5.41, 5.74) is 1.84. The minimum absolute atomic E-state index is 0.00207. The van der Waals surface area contributed by atoms with Crippen LogP contribution in [0.25, 0.3) is 11.1 Å². The van der Waals surface area contributed by atoms with Crippen molar-refractivity contribution in [1.29, 1.82) is 0 Å². The molecule has 4 nitrogen and oxygen atoms in total. The summed E-state index contributed by atoms with van der Waals surface area (Å²) in [6, 6.07) is 13.7. The predicted octanol–water partition coefficient (Wildman–Crippen LogP) is 3.92. The van der Waals surface area contributed by atoms with Gasteiger partial charge >= 0.3 is 12.1 Å². The van der Waals surface area contributed by atoms with Crippen molar-refractivity contribution in [2.45, 2.75) is 12.6 Å². The zero-order valence-corrected chi connectivity index (χ0v) is 11.7. The maximum Gasteiger partial charge on any atom is 0.471 e. The fourth-order valence-corrected chi connectivity index (χ4v) is 2.10. The number of aromatic nitrogens is 1. The minimum Gasteiger partial charge on any atom is -0.440 e. The molecule has 3 rings (SSSR count). The van der Waals surface area contributed by atoms with E-state index in [0.717, 1.165) is 5.56 Å². The lowest BCUT2D eigenvalue weighted by Crippen LogP contribution is -2.29.